The third-order valence-electron chi connectivity index (χ3n) is 3.45. The van der Waals surface area contributed by atoms with Gasteiger partial charge < -0.3 is 5.32 Å². The molecule has 1 aromatic carbocycles. The third kappa shape index (κ3) is 2.65. The van der Waals surface area contributed by atoms with Crippen LogP contribution in [-0.4, -0.2) is 6.54 Å². The maximum absolute atomic E-state index is 3.60. The SMILES string of the molecule is CCNC(c1csc(C)c1)c1cccc(C)c1C. The average Bonchev–Trinajstić information content (AvgIpc) is 2.77. The highest BCUT2D eigenvalue weighted by Gasteiger charge is 2.16. The summed E-state index contributed by atoms with van der Waals surface area (Å²) in [6.45, 7) is 9.71. The van der Waals surface area contributed by atoms with Gasteiger partial charge in [-0.25, -0.2) is 0 Å². The molecule has 96 valence electrons. The second-order valence-corrected chi connectivity index (χ2v) is 5.89. The number of rotatable bonds is 4. The van der Waals surface area contributed by atoms with Crippen molar-refractivity contribution >= 4 is 11.3 Å². The molecule has 0 aliphatic heterocycles. The number of hydrogen-bond donors (Lipinski definition) is 1. The van der Waals surface area contributed by atoms with Gasteiger partial charge >= 0.3 is 0 Å². The van der Waals surface area contributed by atoms with Crippen LogP contribution in [0.4, 0.5) is 0 Å². The van der Waals surface area contributed by atoms with Gasteiger partial charge in [-0.05, 0) is 61.0 Å². The van der Waals surface area contributed by atoms with Gasteiger partial charge in [-0.15, -0.1) is 11.3 Å². The van der Waals surface area contributed by atoms with Crippen LogP contribution < -0.4 is 5.32 Å². The summed E-state index contributed by atoms with van der Waals surface area (Å²) < 4.78 is 0. The fourth-order valence-corrected chi connectivity index (χ4v) is 3.04. The molecule has 0 radical (unpaired) electrons. The zero-order valence-electron chi connectivity index (χ0n) is 11.6. The largest absolute Gasteiger partial charge is 0.306 e. The molecular formula is C16H21NS. The van der Waals surface area contributed by atoms with Crippen LogP contribution in [0.2, 0.25) is 0 Å². The number of aryl methyl sites for hydroxylation is 2. The van der Waals surface area contributed by atoms with Gasteiger partial charge in [0.05, 0.1) is 6.04 Å². The van der Waals surface area contributed by atoms with Crippen molar-refractivity contribution in [2.24, 2.45) is 0 Å². The summed E-state index contributed by atoms with van der Waals surface area (Å²) >= 11 is 1.82. The lowest BCUT2D eigenvalue weighted by atomic mass is 9.94. The van der Waals surface area contributed by atoms with E-state index in [1.807, 2.05) is 11.3 Å². The second-order valence-electron chi connectivity index (χ2n) is 4.77. The topological polar surface area (TPSA) is 12.0 Å². The van der Waals surface area contributed by atoms with E-state index in [1.54, 1.807) is 0 Å². The maximum atomic E-state index is 3.60. The Hall–Kier alpha value is -1.12. The zero-order valence-corrected chi connectivity index (χ0v) is 12.4. The van der Waals surface area contributed by atoms with Crippen LogP contribution in [0.5, 0.6) is 0 Å². The molecular weight excluding hydrogens is 238 g/mol. The first kappa shape index (κ1) is 13.3. The molecule has 0 aliphatic rings. The van der Waals surface area contributed by atoms with E-state index in [4.69, 9.17) is 0 Å². The fraction of sp³-hybridized carbons (Fsp3) is 0.375. The standard InChI is InChI=1S/C16H21NS/c1-5-17-16(14-9-12(3)18-10-14)15-8-6-7-11(2)13(15)4/h6-10,16-17H,5H2,1-4H3. The van der Waals surface area contributed by atoms with Crippen LogP contribution in [0.15, 0.2) is 29.6 Å². The summed E-state index contributed by atoms with van der Waals surface area (Å²) in [6, 6.07) is 9.18. The lowest BCUT2D eigenvalue weighted by molar-refractivity contribution is 0.629. The van der Waals surface area contributed by atoms with E-state index in [2.05, 4.69) is 62.7 Å². The van der Waals surface area contributed by atoms with Gasteiger partial charge in [-0.3, -0.25) is 0 Å². The molecule has 0 amide bonds. The Morgan fingerprint density at radius 2 is 2.00 bits per heavy atom. The van der Waals surface area contributed by atoms with Gasteiger partial charge in [0.25, 0.3) is 0 Å². The first-order valence-corrected chi connectivity index (χ1v) is 7.36. The molecule has 2 heteroatoms. The van der Waals surface area contributed by atoms with Crippen molar-refractivity contribution in [1.29, 1.82) is 0 Å². The first-order valence-electron chi connectivity index (χ1n) is 6.48. The molecule has 18 heavy (non-hydrogen) atoms. The van der Waals surface area contributed by atoms with E-state index >= 15 is 0 Å². The van der Waals surface area contributed by atoms with E-state index in [0.717, 1.165) is 6.54 Å². The van der Waals surface area contributed by atoms with Crippen LogP contribution in [-0.2, 0) is 0 Å². The highest BCUT2D eigenvalue weighted by atomic mass is 32.1. The quantitative estimate of drug-likeness (QED) is 0.859. The molecule has 0 saturated heterocycles. The Bertz CT molecular complexity index is 528. The Morgan fingerprint density at radius 1 is 1.22 bits per heavy atom. The molecule has 1 atom stereocenters. The monoisotopic (exact) mass is 259 g/mol. The van der Waals surface area contributed by atoms with E-state index in [0.29, 0.717) is 6.04 Å². The molecule has 1 heterocycles. The molecule has 1 N–H and O–H groups in total. The molecule has 0 aliphatic carbocycles. The summed E-state index contributed by atoms with van der Waals surface area (Å²) in [5.74, 6) is 0. The average molecular weight is 259 g/mol. The lowest BCUT2D eigenvalue weighted by Gasteiger charge is -2.20. The van der Waals surface area contributed by atoms with Gasteiger partial charge in [0.2, 0.25) is 0 Å². The van der Waals surface area contributed by atoms with Crippen molar-refractivity contribution in [3.63, 3.8) is 0 Å². The summed E-state index contributed by atoms with van der Waals surface area (Å²) in [5.41, 5.74) is 5.54. The van der Waals surface area contributed by atoms with Crippen LogP contribution in [0, 0.1) is 20.8 Å². The van der Waals surface area contributed by atoms with Gasteiger partial charge in [-0.2, -0.15) is 0 Å². The molecule has 2 aromatic rings. The second kappa shape index (κ2) is 5.68. The number of nitrogens with one attached hydrogen (secondary N) is 1. The zero-order chi connectivity index (χ0) is 13.1. The van der Waals surface area contributed by atoms with Crippen LogP contribution in [0.3, 0.4) is 0 Å². The highest BCUT2D eigenvalue weighted by Crippen LogP contribution is 2.29. The highest BCUT2D eigenvalue weighted by molar-refractivity contribution is 7.10. The van der Waals surface area contributed by atoms with Crippen molar-refractivity contribution in [3.05, 3.63) is 56.8 Å². The molecule has 1 unspecified atom stereocenters. The minimum atomic E-state index is 0.319. The summed E-state index contributed by atoms with van der Waals surface area (Å²) in [5, 5.41) is 5.87. The van der Waals surface area contributed by atoms with E-state index in [1.165, 1.54) is 27.1 Å². The van der Waals surface area contributed by atoms with Gasteiger partial charge in [0.1, 0.15) is 0 Å². The van der Waals surface area contributed by atoms with Crippen molar-refractivity contribution in [2.75, 3.05) is 6.54 Å². The fourth-order valence-electron chi connectivity index (χ4n) is 2.31. The minimum Gasteiger partial charge on any atom is -0.306 e. The minimum absolute atomic E-state index is 0.319. The Morgan fingerprint density at radius 3 is 2.61 bits per heavy atom. The predicted molar refractivity (Wildman–Crippen MR) is 80.5 cm³/mol. The predicted octanol–water partition coefficient (Wildman–Crippen LogP) is 4.37. The maximum Gasteiger partial charge on any atom is 0.0587 e. The molecule has 1 nitrogen and oxygen atoms in total. The number of thiophene rings is 1. The summed E-state index contributed by atoms with van der Waals surface area (Å²) in [4.78, 5) is 1.37. The van der Waals surface area contributed by atoms with Crippen LogP contribution >= 0.6 is 11.3 Å². The van der Waals surface area contributed by atoms with Crippen LogP contribution in [0.1, 0.15) is 40.1 Å². The Balaban J connectivity index is 2.44. The Labute approximate surface area is 114 Å². The smallest absolute Gasteiger partial charge is 0.0587 e. The normalized spacial score (nSPS) is 12.7. The molecule has 0 saturated carbocycles. The number of hydrogen-bond acceptors (Lipinski definition) is 2. The van der Waals surface area contributed by atoms with Crippen molar-refractivity contribution in [1.82, 2.24) is 5.32 Å². The van der Waals surface area contributed by atoms with E-state index in [-0.39, 0.29) is 0 Å². The Kier molecular flexibility index (Phi) is 4.20. The van der Waals surface area contributed by atoms with Gasteiger partial charge in [0, 0.05) is 4.88 Å². The molecule has 0 spiro atoms. The summed E-state index contributed by atoms with van der Waals surface area (Å²) in [6.07, 6.45) is 0. The van der Waals surface area contributed by atoms with E-state index < -0.39 is 0 Å². The van der Waals surface area contributed by atoms with Crippen LogP contribution in [0.25, 0.3) is 0 Å². The molecule has 1 aromatic heterocycles. The first-order chi connectivity index (χ1) is 8.63. The molecule has 0 fully saturated rings. The molecule has 0 bridgehead atoms. The third-order valence-corrected chi connectivity index (χ3v) is 4.33. The van der Waals surface area contributed by atoms with Crippen molar-refractivity contribution in [3.8, 4) is 0 Å². The number of benzene rings is 1. The lowest BCUT2D eigenvalue weighted by Crippen LogP contribution is -2.22. The van der Waals surface area contributed by atoms with E-state index in [9.17, 15) is 0 Å². The van der Waals surface area contributed by atoms with Crippen molar-refractivity contribution < 1.29 is 0 Å². The molecule has 2 rings (SSSR count). The van der Waals surface area contributed by atoms with Gasteiger partial charge in [-0.1, -0.05) is 25.1 Å². The van der Waals surface area contributed by atoms with Gasteiger partial charge in [0.15, 0.2) is 0 Å². The summed E-state index contributed by atoms with van der Waals surface area (Å²) in [7, 11) is 0. The van der Waals surface area contributed by atoms with Crippen molar-refractivity contribution in [2.45, 2.75) is 33.7 Å².